The Hall–Kier alpha value is -3.42. The van der Waals surface area contributed by atoms with Crippen LogP contribution in [0.2, 0.25) is 5.02 Å². The van der Waals surface area contributed by atoms with Crippen LogP contribution in [0.1, 0.15) is 21.5 Å². The van der Waals surface area contributed by atoms with Gasteiger partial charge in [-0.3, -0.25) is 14.2 Å². The van der Waals surface area contributed by atoms with E-state index in [2.05, 4.69) is 28.4 Å². The SMILES string of the molecule is Cn1cc(-c2cccc(C[C@@H](CN)N3Cc4cc(-c5c(Cl)cnn5C)ccc4C3=O)c2)cn1. The number of nitrogens with zero attached hydrogens (tertiary/aromatic N) is 5. The highest BCUT2D eigenvalue weighted by Crippen LogP contribution is 2.33. The molecular formula is C25H25ClN6O. The monoisotopic (exact) mass is 460 g/mol. The van der Waals surface area contributed by atoms with Crippen LogP contribution in [0.15, 0.2) is 61.1 Å². The average Bonchev–Trinajstić information content (AvgIpc) is 3.49. The summed E-state index contributed by atoms with van der Waals surface area (Å²) in [7, 11) is 3.76. The Morgan fingerprint density at radius 1 is 1.06 bits per heavy atom. The van der Waals surface area contributed by atoms with Crippen LogP contribution in [0.25, 0.3) is 22.4 Å². The van der Waals surface area contributed by atoms with E-state index in [1.54, 1.807) is 15.6 Å². The van der Waals surface area contributed by atoms with Gasteiger partial charge in [-0.25, -0.2) is 0 Å². The molecule has 1 aliphatic rings. The second kappa shape index (κ2) is 8.50. The van der Waals surface area contributed by atoms with E-state index in [1.165, 1.54) is 0 Å². The van der Waals surface area contributed by atoms with Crippen LogP contribution in [-0.4, -0.2) is 43.0 Å². The quantitative estimate of drug-likeness (QED) is 0.476. The number of aryl methyl sites for hydroxylation is 2. The maximum atomic E-state index is 13.2. The van der Waals surface area contributed by atoms with E-state index in [-0.39, 0.29) is 11.9 Å². The Balaban J connectivity index is 1.38. The summed E-state index contributed by atoms with van der Waals surface area (Å²) >= 11 is 6.33. The van der Waals surface area contributed by atoms with Gasteiger partial charge in [-0.15, -0.1) is 0 Å². The average molecular weight is 461 g/mol. The zero-order chi connectivity index (χ0) is 23.1. The number of hydrogen-bond donors (Lipinski definition) is 1. The zero-order valence-corrected chi connectivity index (χ0v) is 19.3. The Bertz CT molecular complexity index is 1320. The molecule has 0 saturated heterocycles. The van der Waals surface area contributed by atoms with Crippen molar-refractivity contribution in [2.45, 2.75) is 19.0 Å². The minimum Gasteiger partial charge on any atom is -0.330 e. The van der Waals surface area contributed by atoms with Gasteiger partial charge in [-0.05, 0) is 35.2 Å². The summed E-state index contributed by atoms with van der Waals surface area (Å²) in [5, 5.41) is 9.07. The van der Waals surface area contributed by atoms with Crippen molar-refractivity contribution in [3.63, 3.8) is 0 Å². The normalized spacial score (nSPS) is 14.1. The Labute approximate surface area is 197 Å². The zero-order valence-electron chi connectivity index (χ0n) is 18.6. The van der Waals surface area contributed by atoms with Gasteiger partial charge in [0, 0.05) is 56.1 Å². The fourth-order valence-electron chi connectivity index (χ4n) is 4.56. The number of rotatable bonds is 6. The molecule has 7 nitrogen and oxygen atoms in total. The molecule has 3 heterocycles. The van der Waals surface area contributed by atoms with Crippen molar-refractivity contribution in [2.24, 2.45) is 19.8 Å². The Kier molecular flexibility index (Phi) is 5.52. The van der Waals surface area contributed by atoms with Crippen molar-refractivity contribution in [1.29, 1.82) is 0 Å². The molecule has 33 heavy (non-hydrogen) atoms. The lowest BCUT2D eigenvalue weighted by atomic mass is 10.0. The van der Waals surface area contributed by atoms with Gasteiger partial charge in [-0.1, -0.05) is 41.9 Å². The van der Waals surface area contributed by atoms with E-state index < -0.39 is 0 Å². The molecule has 8 heteroatoms. The van der Waals surface area contributed by atoms with Crippen LogP contribution >= 0.6 is 11.6 Å². The number of halogens is 1. The second-order valence-corrected chi connectivity index (χ2v) is 8.87. The van der Waals surface area contributed by atoms with E-state index in [0.29, 0.717) is 24.5 Å². The molecule has 1 aliphatic heterocycles. The number of nitrogens with two attached hydrogens (primary N) is 1. The number of hydrogen-bond acceptors (Lipinski definition) is 4. The molecule has 0 unspecified atom stereocenters. The fourth-order valence-corrected chi connectivity index (χ4v) is 4.84. The smallest absolute Gasteiger partial charge is 0.254 e. The molecule has 168 valence electrons. The largest absolute Gasteiger partial charge is 0.330 e. The molecule has 0 aliphatic carbocycles. The molecule has 0 spiro atoms. The highest BCUT2D eigenvalue weighted by Gasteiger charge is 2.32. The molecule has 1 amide bonds. The van der Waals surface area contributed by atoms with Gasteiger partial charge >= 0.3 is 0 Å². The highest BCUT2D eigenvalue weighted by atomic mass is 35.5. The maximum Gasteiger partial charge on any atom is 0.254 e. The van der Waals surface area contributed by atoms with E-state index in [9.17, 15) is 4.79 Å². The summed E-state index contributed by atoms with van der Waals surface area (Å²) in [5.41, 5.74) is 13.0. The number of aromatic nitrogens is 4. The lowest BCUT2D eigenvalue weighted by Crippen LogP contribution is -2.42. The first kappa shape index (κ1) is 21.4. The predicted octanol–water partition coefficient (Wildman–Crippen LogP) is 3.67. The molecule has 2 aromatic carbocycles. The third-order valence-electron chi connectivity index (χ3n) is 6.25. The Morgan fingerprint density at radius 3 is 2.61 bits per heavy atom. The summed E-state index contributed by atoms with van der Waals surface area (Å²) in [6, 6.07) is 14.1. The summed E-state index contributed by atoms with van der Waals surface area (Å²) in [5.74, 6) is 0.0199. The summed E-state index contributed by atoms with van der Waals surface area (Å²) < 4.78 is 3.54. The number of benzene rings is 2. The van der Waals surface area contributed by atoms with E-state index in [1.807, 2.05) is 55.7 Å². The van der Waals surface area contributed by atoms with Gasteiger partial charge in [0.25, 0.3) is 5.91 Å². The standard InChI is InChI=1S/C25H25ClN6O/c1-30-14-20(12-28-30)17-5-3-4-16(8-17)9-21(11-27)32-15-19-10-18(6-7-22(19)25(32)33)24-23(26)13-29-31(24)2/h3-8,10,12-14,21H,9,11,15,27H2,1-2H3/t21-/m0/s1. The fraction of sp³-hybridized carbons (Fsp3) is 0.240. The molecule has 2 aromatic heterocycles. The van der Waals surface area contributed by atoms with Crippen LogP contribution in [0, 0.1) is 0 Å². The van der Waals surface area contributed by atoms with Crippen molar-refractivity contribution in [3.05, 3.63) is 82.8 Å². The highest BCUT2D eigenvalue weighted by molar-refractivity contribution is 6.33. The molecule has 0 radical (unpaired) electrons. The van der Waals surface area contributed by atoms with E-state index >= 15 is 0 Å². The molecule has 0 bridgehead atoms. The molecule has 0 fully saturated rings. The van der Waals surface area contributed by atoms with Gasteiger partial charge < -0.3 is 10.6 Å². The lowest BCUT2D eigenvalue weighted by molar-refractivity contribution is 0.0708. The minimum atomic E-state index is -0.0993. The third kappa shape index (κ3) is 3.94. The minimum absolute atomic E-state index is 0.0199. The van der Waals surface area contributed by atoms with Crippen LogP contribution in [0.4, 0.5) is 0 Å². The first-order valence-electron chi connectivity index (χ1n) is 10.8. The van der Waals surface area contributed by atoms with E-state index in [0.717, 1.165) is 39.1 Å². The van der Waals surface area contributed by atoms with Crippen molar-refractivity contribution in [3.8, 4) is 22.4 Å². The first-order valence-corrected chi connectivity index (χ1v) is 11.2. The predicted molar refractivity (Wildman–Crippen MR) is 129 cm³/mol. The lowest BCUT2D eigenvalue weighted by Gasteiger charge is -2.27. The van der Waals surface area contributed by atoms with Crippen LogP contribution < -0.4 is 5.73 Å². The topological polar surface area (TPSA) is 82.0 Å². The number of carbonyl (C=O) groups excluding carboxylic acids is 1. The molecular weight excluding hydrogens is 436 g/mol. The van der Waals surface area contributed by atoms with Crippen LogP contribution in [0.5, 0.6) is 0 Å². The Morgan fingerprint density at radius 2 is 1.91 bits per heavy atom. The molecule has 1 atom stereocenters. The maximum absolute atomic E-state index is 13.2. The molecule has 2 N–H and O–H groups in total. The van der Waals surface area contributed by atoms with Crippen molar-refractivity contribution in [1.82, 2.24) is 24.5 Å². The van der Waals surface area contributed by atoms with Gasteiger partial charge in [-0.2, -0.15) is 10.2 Å². The van der Waals surface area contributed by atoms with Gasteiger partial charge in [0.1, 0.15) is 0 Å². The van der Waals surface area contributed by atoms with Crippen LogP contribution in [-0.2, 0) is 27.1 Å². The summed E-state index contributed by atoms with van der Waals surface area (Å²) in [4.78, 5) is 15.1. The van der Waals surface area contributed by atoms with Gasteiger partial charge in [0.2, 0.25) is 0 Å². The van der Waals surface area contributed by atoms with Crippen LogP contribution in [0.3, 0.4) is 0 Å². The van der Waals surface area contributed by atoms with Gasteiger partial charge in [0.15, 0.2) is 0 Å². The molecule has 5 rings (SSSR count). The van der Waals surface area contributed by atoms with Crippen molar-refractivity contribution in [2.75, 3.05) is 6.54 Å². The first-order chi connectivity index (χ1) is 15.9. The molecule has 4 aromatic rings. The number of amides is 1. The van der Waals surface area contributed by atoms with Gasteiger partial charge in [0.05, 0.1) is 23.1 Å². The number of fused-ring (bicyclic) bond motifs is 1. The van der Waals surface area contributed by atoms with E-state index in [4.69, 9.17) is 17.3 Å². The summed E-state index contributed by atoms with van der Waals surface area (Å²) in [6.07, 6.45) is 6.16. The summed E-state index contributed by atoms with van der Waals surface area (Å²) in [6.45, 7) is 0.916. The second-order valence-electron chi connectivity index (χ2n) is 8.47. The molecule has 0 saturated carbocycles. The van der Waals surface area contributed by atoms with Crippen molar-refractivity contribution >= 4 is 17.5 Å². The van der Waals surface area contributed by atoms with Crippen molar-refractivity contribution < 1.29 is 4.79 Å². The number of carbonyl (C=O) groups is 1. The third-order valence-corrected chi connectivity index (χ3v) is 6.53.